The van der Waals surface area contributed by atoms with Crippen LogP contribution in [0.3, 0.4) is 0 Å². The molecule has 0 saturated heterocycles. The Kier molecular flexibility index (Phi) is 15.9. The highest BCUT2D eigenvalue weighted by Gasteiger charge is 2.59. The molecule has 2 N–H and O–H groups in total. The second-order valence-electron chi connectivity index (χ2n) is 17.4. The monoisotopic (exact) mass is 644 g/mol. The number of rotatable bonds is 22. The van der Waals surface area contributed by atoms with Crippen molar-refractivity contribution >= 4 is 0 Å². The first-order valence-corrected chi connectivity index (χ1v) is 20.4. The van der Waals surface area contributed by atoms with Gasteiger partial charge in [-0.25, -0.2) is 0 Å². The SMILES string of the molecule is CCCCCCCCOCC(N)COCCCCOC1CCC2(C)C(=CCC3C2CCC2(C)C(C(C)CCCC(C)C)CCC32)C1. The molecule has 4 aliphatic rings. The summed E-state index contributed by atoms with van der Waals surface area (Å²) in [6, 6.07) is -0.0209. The molecule has 0 aliphatic heterocycles. The highest BCUT2D eigenvalue weighted by molar-refractivity contribution is 5.25. The van der Waals surface area contributed by atoms with Crippen LogP contribution in [-0.2, 0) is 14.2 Å². The van der Waals surface area contributed by atoms with E-state index in [0.29, 0.717) is 30.1 Å². The number of unbranched alkanes of at least 4 members (excludes halogenated alkanes) is 6. The van der Waals surface area contributed by atoms with Crippen molar-refractivity contribution in [3.05, 3.63) is 11.6 Å². The van der Waals surface area contributed by atoms with Gasteiger partial charge in [0.15, 0.2) is 0 Å². The molecule has 9 atom stereocenters. The molecule has 268 valence electrons. The van der Waals surface area contributed by atoms with Crippen molar-refractivity contribution in [2.75, 3.05) is 33.0 Å². The Hall–Kier alpha value is -0.420. The Morgan fingerprint density at radius 3 is 2.22 bits per heavy atom. The van der Waals surface area contributed by atoms with Crippen LogP contribution in [-0.4, -0.2) is 45.2 Å². The maximum absolute atomic E-state index is 6.48. The fourth-order valence-corrected chi connectivity index (χ4v) is 10.9. The molecule has 4 nitrogen and oxygen atoms in total. The van der Waals surface area contributed by atoms with Crippen LogP contribution in [0.5, 0.6) is 0 Å². The zero-order valence-corrected chi connectivity index (χ0v) is 31.5. The predicted octanol–water partition coefficient (Wildman–Crippen LogP) is 10.9. The largest absolute Gasteiger partial charge is 0.380 e. The number of allylic oxidation sites excluding steroid dienone is 1. The van der Waals surface area contributed by atoms with Crippen LogP contribution in [0.2, 0.25) is 0 Å². The van der Waals surface area contributed by atoms with E-state index in [1.54, 1.807) is 5.57 Å². The molecule has 9 unspecified atom stereocenters. The Balaban J connectivity index is 1.10. The number of hydrogen-bond donors (Lipinski definition) is 1. The smallest absolute Gasteiger partial charge is 0.0640 e. The zero-order valence-electron chi connectivity index (χ0n) is 31.5. The molecule has 0 spiro atoms. The second-order valence-corrected chi connectivity index (χ2v) is 17.4. The summed E-state index contributed by atoms with van der Waals surface area (Å²) in [7, 11) is 0. The van der Waals surface area contributed by atoms with Gasteiger partial charge in [-0.05, 0) is 117 Å². The normalized spacial score (nSPS) is 33.7. The van der Waals surface area contributed by atoms with E-state index in [2.05, 4.69) is 47.6 Å². The maximum atomic E-state index is 6.48. The van der Waals surface area contributed by atoms with E-state index in [4.69, 9.17) is 19.9 Å². The number of ether oxygens (including phenoxy) is 3. The number of nitrogens with two attached hydrogens (primary N) is 1. The van der Waals surface area contributed by atoms with Gasteiger partial charge < -0.3 is 19.9 Å². The average molecular weight is 644 g/mol. The molecule has 0 aromatic carbocycles. The molecule has 4 heteroatoms. The zero-order chi connectivity index (χ0) is 33.0. The Morgan fingerprint density at radius 2 is 1.48 bits per heavy atom. The van der Waals surface area contributed by atoms with Crippen LogP contribution in [0.15, 0.2) is 11.6 Å². The first kappa shape index (κ1) is 38.4. The molecule has 4 rings (SSSR count). The molecular weight excluding hydrogens is 566 g/mol. The maximum Gasteiger partial charge on any atom is 0.0640 e. The van der Waals surface area contributed by atoms with Crippen molar-refractivity contribution in [1.82, 2.24) is 0 Å². The van der Waals surface area contributed by atoms with Crippen molar-refractivity contribution in [2.24, 2.45) is 52.1 Å². The number of fused-ring (bicyclic) bond motifs is 5. The van der Waals surface area contributed by atoms with E-state index < -0.39 is 0 Å². The lowest BCUT2D eigenvalue weighted by Gasteiger charge is -2.58. The summed E-state index contributed by atoms with van der Waals surface area (Å²) >= 11 is 0. The molecule has 0 aromatic rings. The van der Waals surface area contributed by atoms with Crippen LogP contribution >= 0.6 is 0 Å². The molecule has 3 fully saturated rings. The van der Waals surface area contributed by atoms with E-state index in [0.717, 1.165) is 74.6 Å². The lowest BCUT2D eigenvalue weighted by Crippen LogP contribution is -2.51. The van der Waals surface area contributed by atoms with E-state index >= 15 is 0 Å². The molecule has 3 saturated carbocycles. The fourth-order valence-electron chi connectivity index (χ4n) is 10.9. The summed E-state index contributed by atoms with van der Waals surface area (Å²) in [5, 5.41) is 0. The standard InChI is InChI=1S/C42H77NO3/c1-7-8-9-10-11-12-26-44-30-35(43)31-45-27-13-14-28-46-36-22-24-41(5)34(29-36)18-19-37-39-21-20-38(33(4)17-15-16-32(2)3)42(39,6)25-23-40(37)41/h18,32-33,35-40H,7-17,19-31,43H2,1-6H3. The Labute approximate surface area is 286 Å². The lowest BCUT2D eigenvalue weighted by molar-refractivity contribution is -0.0643. The van der Waals surface area contributed by atoms with Gasteiger partial charge >= 0.3 is 0 Å². The fraction of sp³-hybridized carbons (Fsp3) is 0.952. The minimum absolute atomic E-state index is 0.0209. The van der Waals surface area contributed by atoms with Crippen LogP contribution in [0.1, 0.15) is 164 Å². The van der Waals surface area contributed by atoms with Gasteiger partial charge in [0.05, 0.1) is 25.4 Å². The van der Waals surface area contributed by atoms with Crippen LogP contribution in [0.25, 0.3) is 0 Å². The first-order valence-electron chi connectivity index (χ1n) is 20.4. The summed E-state index contributed by atoms with van der Waals surface area (Å²) in [5.74, 6) is 5.44. The van der Waals surface area contributed by atoms with Crippen LogP contribution < -0.4 is 5.73 Å². The lowest BCUT2D eigenvalue weighted by atomic mass is 9.47. The van der Waals surface area contributed by atoms with Crippen molar-refractivity contribution < 1.29 is 14.2 Å². The predicted molar refractivity (Wildman–Crippen MR) is 195 cm³/mol. The third-order valence-corrected chi connectivity index (χ3v) is 13.6. The van der Waals surface area contributed by atoms with Gasteiger partial charge in [-0.15, -0.1) is 0 Å². The molecule has 0 amide bonds. The third-order valence-electron chi connectivity index (χ3n) is 13.6. The van der Waals surface area contributed by atoms with Crippen molar-refractivity contribution in [3.63, 3.8) is 0 Å². The molecule has 0 aromatic heterocycles. The Morgan fingerprint density at radius 1 is 0.783 bits per heavy atom. The van der Waals surface area contributed by atoms with Gasteiger partial charge in [-0.3, -0.25) is 0 Å². The quantitative estimate of drug-likeness (QED) is 0.0942. The van der Waals surface area contributed by atoms with Crippen molar-refractivity contribution in [3.8, 4) is 0 Å². The van der Waals surface area contributed by atoms with Gasteiger partial charge in [0.2, 0.25) is 0 Å². The van der Waals surface area contributed by atoms with Gasteiger partial charge in [0, 0.05) is 19.8 Å². The van der Waals surface area contributed by atoms with Gasteiger partial charge in [-0.1, -0.05) is 105 Å². The molecule has 0 heterocycles. The first-order chi connectivity index (χ1) is 22.2. The summed E-state index contributed by atoms with van der Waals surface area (Å²) in [6.07, 6.45) is 28.2. The summed E-state index contributed by atoms with van der Waals surface area (Å²) in [4.78, 5) is 0. The van der Waals surface area contributed by atoms with Gasteiger partial charge in [0.25, 0.3) is 0 Å². The Bertz CT molecular complexity index is 888. The minimum atomic E-state index is -0.0209. The van der Waals surface area contributed by atoms with E-state index in [1.165, 1.54) is 103 Å². The van der Waals surface area contributed by atoms with Crippen molar-refractivity contribution in [2.45, 2.75) is 176 Å². The van der Waals surface area contributed by atoms with Gasteiger partial charge in [0.1, 0.15) is 0 Å². The van der Waals surface area contributed by atoms with E-state index in [-0.39, 0.29) is 6.04 Å². The minimum Gasteiger partial charge on any atom is -0.380 e. The van der Waals surface area contributed by atoms with Crippen LogP contribution in [0.4, 0.5) is 0 Å². The second kappa shape index (κ2) is 19.1. The molecule has 4 aliphatic carbocycles. The molecule has 0 bridgehead atoms. The van der Waals surface area contributed by atoms with E-state index in [9.17, 15) is 0 Å². The third kappa shape index (κ3) is 10.3. The molecule has 46 heavy (non-hydrogen) atoms. The summed E-state index contributed by atoms with van der Waals surface area (Å²) in [5.41, 5.74) is 8.93. The number of hydrogen-bond acceptors (Lipinski definition) is 4. The topological polar surface area (TPSA) is 53.7 Å². The van der Waals surface area contributed by atoms with Crippen LogP contribution in [0, 0.1) is 46.3 Å². The van der Waals surface area contributed by atoms with E-state index in [1.807, 2.05) is 0 Å². The summed E-state index contributed by atoms with van der Waals surface area (Å²) in [6.45, 7) is 18.6. The molecular formula is C42H77NO3. The van der Waals surface area contributed by atoms with Gasteiger partial charge in [-0.2, -0.15) is 0 Å². The van der Waals surface area contributed by atoms with Crippen molar-refractivity contribution in [1.29, 1.82) is 0 Å². The average Bonchev–Trinajstić information content (AvgIpc) is 3.39. The highest BCUT2D eigenvalue weighted by atomic mass is 16.5. The summed E-state index contributed by atoms with van der Waals surface area (Å²) < 4.78 is 18.1. The molecule has 0 radical (unpaired) electrons. The highest BCUT2D eigenvalue weighted by Crippen LogP contribution is 2.67.